The van der Waals surface area contributed by atoms with Crippen molar-refractivity contribution in [2.45, 2.75) is 63.3 Å². The number of hydrogen-bond acceptors (Lipinski definition) is 7. The molecule has 0 saturated carbocycles. The van der Waals surface area contributed by atoms with E-state index in [4.69, 9.17) is 23.7 Å². The second-order valence-electron chi connectivity index (χ2n) is 10.0. The van der Waals surface area contributed by atoms with Crippen molar-refractivity contribution in [2.24, 2.45) is 0 Å². The molecular weight excluding hydrogens is 498 g/mol. The molecular formula is C31H43NO7. The highest BCUT2D eigenvalue weighted by Crippen LogP contribution is 2.44. The maximum atomic E-state index is 11.1. The van der Waals surface area contributed by atoms with Crippen molar-refractivity contribution in [3.8, 4) is 11.1 Å². The maximum absolute atomic E-state index is 11.1. The molecule has 2 aromatic rings. The summed E-state index contributed by atoms with van der Waals surface area (Å²) in [5.74, 6) is 0.211. The van der Waals surface area contributed by atoms with Gasteiger partial charge in [0.15, 0.2) is 6.29 Å². The largest absolute Gasteiger partial charge is 0.453 e. The molecule has 8 heteroatoms. The van der Waals surface area contributed by atoms with Gasteiger partial charge in [-0.1, -0.05) is 61.4 Å². The molecule has 1 fully saturated rings. The Balaban J connectivity index is 1.14. The van der Waals surface area contributed by atoms with E-state index in [1.165, 1.54) is 29.4 Å². The van der Waals surface area contributed by atoms with E-state index in [1.54, 1.807) is 0 Å². The summed E-state index contributed by atoms with van der Waals surface area (Å²) in [6.07, 6.45) is 6.23. The standard InChI is InChI=1S/C31H43NO7/c1-34-31(33)32-17-9-2-3-10-18-35-20-24(39-30-16-8-11-19-38-30)21-36-23-37-22-29-27-14-6-4-12-25(27)26-13-5-7-15-28(26)29/h4-7,12-15,24,29-30H,2-3,8-11,16-23H2,1H3,(H,32,33). The van der Waals surface area contributed by atoms with Crippen LogP contribution in [0.2, 0.25) is 0 Å². The summed E-state index contributed by atoms with van der Waals surface area (Å²) in [4.78, 5) is 11.1. The van der Waals surface area contributed by atoms with Crippen LogP contribution in [-0.2, 0) is 28.4 Å². The molecule has 1 aliphatic carbocycles. The number of amides is 1. The third kappa shape index (κ3) is 9.29. The van der Waals surface area contributed by atoms with Gasteiger partial charge in [0, 0.05) is 25.7 Å². The Morgan fingerprint density at radius 3 is 2.36 bits per heavy atom. The van der Waals surface area contributed by atoms with Gasteiger partial charge in [-0.3, -0.25) is 0 Å². The first-order valence-corrected chi connectivity index (χ1v) is 14.3. The van der Waals surface area contributed by atoms with Crippen molar-refractivity contribution in [2.75, 3.05) is 53.5 Å². The monoisotopic (exact) mass is 541 g/mol. The van der Waals surface area contributed by atoms with E-state index in [1.807, 2.05) is 0 Å². The number of unbranched alkanes of at least 4 members (excludes halogenated alkanes) is 3. The van der Waals surface area contributed by atoms with Crippen LogP contribution in [0.15, 0.2) is 48.5 Å². The SMILES string of the molecule is COC(=O)NCCCCCCOCC(COCOCC1c2ccccc2-c2ccccc21)OC1CCCCO1. The van der Waals surface area contributed by atoms with E-state index in [9.17, 15) is 4.79 Å². The Morgan fingerprint density at radius 2 is 1.64 bits per heavy atom. The topological polar surface area (TPSA) is 84.5 Å². The highest BCUT2D eigenvalue weighted by molar-refractivity contribution is 5.78. The van der Waals surface area contributed by atoms with Crippen LogP contribution in [-0.4, -0.2) is 72.0 Å². The maximum Gasteiger partial charge on any atom is 0.406 e. The van der Waals surface area contributed by atoms with Crippen LogP contribution in [0.1, 0.15) is 62.0 Å². The van der Waals surface area contributed by atoms with Crippen LogP contribution >= 0.6 is 0 Å². The summed E-state index contributed by atoms with van der Waals surface area (Å²) in [5, 5.41) is 2.70. The molecule has 214 valence electrons. The second-order valence-corrected chi connectivity index (χ2v) is 10.0. The van der Waals surface area contributed by atoms with E-state index >= 15 is 0 Å². The van der Waals surface area contributed by atoms with E-state index in [0.29, 0.717) is 33.0 Å². The van der Waals surface area contributed by atoms with Crippen LogP contribution in [0.3, 0.4) is 0 Å². The fraction of sp³-hybridized carbons (Fsp3) is 0.581. The normalized spacial score (nSPS) is 17.4. The Labute approximate surface area is 232 Å². The Hall–Kier alpha value is -2.49. The highest BCUT2D eigenvalue weighted by atomic mass is 16.7. The zero-order valence-corrected chi connectivity index (χ0v) is 23.1. The molecule has 4 rings (SSSR count). The minimum atomic E-state index is -0.381. The second kappa shape index (κ2) is 16.6. The summed E-state index contributed by atoms with van der Waals surface area (Å²) in [6, 6.07) is 17.1. The Bertz CT molecular complexity index is 949. The van der Waals surface area contributed by atoms with Crippen molar-refractivity contribution in [3.05, 3.63) is 59.7 Å². The first-order chi connectivity index (χ1) is 19.3. The molecule has 2 unspecified atom stereocenters. The molecule has 0 bridgehead atoms. The van der Waals surface area contributed by atoms with Crippen LogP contribution in [0.5, 0.6) is 0 Å². The predicted octanol–water partition coefficient (Wildman–Crippen LogP) is 5.63. The number of carbonyl (C=O) groups excluding carboxylic acids is 1. The summed E-state index contributed by atoms with van der Waals surface area (Å²) < 4.78 is 34.3. The van der Waals surface area contributed by atoms with Gasteiger partial charge in [-0.25, -0.2) is 4.79 Å². The number of nitrogens with one attached hydrogen (secondary N) is 1. The third-order valence-electron chi connectivity index (χ3n) is 7.17. The average molecular weight is 542 g/mol. The number of benzene rings is 2. The van der Waals surface area contributed by atoms with Crippen LogP contribution in [0.25, 0.3) is 11.1 Å². The van der Waals surface area contributed by atoms with Gasteiger partial charge in [0.2, 0.25) is 0 Å². The molecule has 1 N–H and O–H groups in total. The predicted molar refractivity (Wildman–Crippen MR) is 149 cm³/mol. The number of rotatable bonds is 17. The quantitative estimate of drug-likeness (QED) is 0.205. The molecule has 1 amide bonds. The number of alkyl carbamates (subject to hydrolysis) is 1. The molecule has 2 aromatic carbocycles. The number of carbonyl (C=O) groups is 1. The van der Waals surface area contributed by atoms with Crippen molar-refractivity contribution >= 4 is 6.09 Å². The summed E-state index contributed by atoms with van der Waals surface area (Å²) in [5.41, 5.74) is 5.20. The van der Waals surface area contributed by atoms with Crippen molar-refractivity contribution < 1.29 is 33.2 Å². The lowest BCUT2D eigenvalue weighted by Gasteiger charge is -2.27. The minimum absolute atomic E-state index is 0.200. The van der Waals surface area contributed by atoms with E-state index in [2.05, 4.69) is 58.6 Å². The number of ether oxygens (including phenoxy) is 6. The lowest BCUT2D eigenvalue weighted by Crippen LogP contribution is -2.34. The first-order valence-electron chi connectivity index (χ1n) is 14.3. The molecule has 1 saturated heterocycles. The van der Waals surface area contributed by atoms with Gasteiger partial charge in [-0.2, -0.15) is 0 Å². The van der Waals surface area contributed by atoms with Crippen LogP contribution < -0.4 is 5.32 Å². The lowest BCUT2D eigenvalue weighted by molar-refractivity contribution is -0.214. The van der Waals surface area contributed by atoms with Gasteiger partial charge < -0.3 is 33.7 Å². The molecule has 0 aromatic heterocycles. The average Bonchev–Trinajstić information content (AvgIpc) is 3.30. The van der Waals surface area contributed by atoms with Gasteiger partial charge in [-0.15, -0.1) is 0 Å². The summed E-state index contributed by atoms with van der Waals surface area (Å²) in [6.45, 7) is 3.63. The highest BCUT2D eigenvalue weighted by Gasteiger charge is 2.28. The van der Waals surface area contributed by atoms with Gasteiger partial charge in [0.25, 0.3) is 0 Å². The fourth-order valence-corrected chi connectivity index (χ4v) is 5.16. The van der Waals surface area contributed by atoms with Gasteiger partial charge >= 0.3 is 6.09 Å². The van der Waals surface area contributed by atoms with Crippen LogP contribution in [0, 0.1) is 0 Å². The molecule has 0 spiro atoms. The smallest absolute Gasteiger partial charge is 0.406 e. The zero-order valence-electron chi connectivity index (χ0n) is 23.1. The van der Waals surface area contributed by atoms with Crippen molar-refractivity contribution in [3.63, 3.8) is 0 Å². The zero-order chi connectivity index (χ0) is 27.1. The molecule has 39 heavy (non-hydrogen) atoms. The molecule has 2 aliphatic rings. The lowest BCUT2D eigenvalue weighted by atomic mass is 9.98. The molecule has 2 atom stereocenters. The van der Waals surface area contributed by atoms with Crippen molar-refractivity contribution in [1.82, 2.24) is 5.32 Å². The van der Waals surface area contributed by atoms with Crippen LogP contribution in [0.4, 0.5) is 4.79 Å². The van der Waals surface area contributed by atoms with E-state index < -0.39 is 0 Å². The molecule has 1 heterocycles. The third-order valence-corrected chi connectivity index (χ3v) is 7.17. The summed E-state index contributed by atoms with van der Waals surface area (Å²) in [7, 11) is 1.37. The first kappa shape index (κ1) is 29.5. The van der Waals surface area contributed by atoms with Gasteiger partial charge in [0.05, 0.1) is 26.9 Å². The van der Waals surface area contributed by atoms with Crippen molar-refractivity contribution in [1.29, 1.82) is 0 Å². The number of fused-ring (bicyclic) bond motifs is 3. The van der Waals surface area contributed by atoms with E-state index in [-0.39, 0.29) is 31.2 Å². The molecule has 0 radical (unpaired) electrons. The van der Waals surface area contributed by atoms with E-state index in [0.717, 1.165) is 51.6 Å². The fourth-order valence-electron chi connectivity index (χ4n) is 5.16. The Kier molecular flexibility index (Phi) is 12.5. The van der Waals surface area contributed by atoms with Gasteiger partial charge in [0.1, 0.15) is 12.9 Å². The number of hydrogen-bond donors (Lipinski definition) is 1. The number of methoxy groups -OCH3 is 1. The molecule has 8 nitrogen and oxygen atoms in total. The summed E-state index contributed by atoms with van der Waals surface area (Å²) >= 11 is 0. The van der Waals surface area contributed by atoms with Gasteiger partial charge in [-0.05, 0) is 54.4 Å². The Morgan fingerprint density at radius 1 is 0.923 bits per heavy atom. The minimum Gasteiger partial charge on any atom is -0.453 e. The molecule has 1 aliphatic heterocycles.